The predicted molar refractivity (Wildman–Crippen MR) is 86.8 cm³/mol. The lowest BCUT2D eigenvalue weighted by Gasteiger charge is -2.12. The molecule has 1 aromatic carbocycles. The van der Waals surface area contributed by atoms with E-state index in [0.717, 1.165) is 25.5 Å². The van der Waals surface area contributed by atoms with Gasteiger partial charge >= 0.3 is 17.0 Å². The Balaban J connectivity index is 1.84. The van der Waals surface area contributed by atoms with Crippen LogP contribution in [0, 0.1) is 0 Å². The number of aryl methyl sites for hydroxylation is 1. The standard InChI is InChI=1S/C13H12N4O4S2/c1-15-9-3-2-7(4-10(9)23-13(15)20)16-5-8(21-12(16)19)6-17(22)11(14)18/h2-4,8H,5-6H2,1H3,(H-,14,18)/p+1/t8-/m0/s1. The molecule has 2 heterocycles. The maximum atomic E-state index is 12.0. The molecule has 0 aliphatic carbocycles. The number of nitrogens with zero attached hydrogens (tertiary/aromatic N) is 3. The first-order valence-corrected chi connectivity index (χ1v) is 7.87. The average molecular weight is 353 g/mol. The van der Waals surface area contributed by atoms with Crippen LogP contribution in [0.3, 0.4) is 0 Å². The number of fused-ring (bicyclic) bond motifs is 1. The zero-order valence-electron chi connectivity index (χ0n) is 12.1. The van der Waals surface area contributed by atoms with E-state index in [0.29, 0.717) is 5.69 Å². The quantitative estimate of drug-likeness (QED) is 0.821. The number of thiazole rings is 1. The second-order valence-corrected chi connectivity index (χ2v) is 6.53. The van der Waals surface area contributed by atoms with E-state index in [4.69, 9.17) is 22.9 Å². The number of hydrogen-bond acceptors (Lipinski definition) is 6. The minimum absolute atomic E-state index is 0.0494. The van der Waals surface area contributed by atoms with E-state index in [1.165, 1.54) is 4.90 Å². The average Bonchev–Trinajstić information content (AvgIpc) is 2.99. The normalized spacial score (nSPS) is 17.5. The van der Waals surface area contributed by atoms with Gasteiger partial charge in [-0.25, -0.2) is 10.5 Å². The molecule has 120 valence electrons. The number of anilines is 1. The summed E-state index contributed by atoms with van der Waals surface area (Å²) in [7, 11) is 1.70. The lowest BCUT2D eigenvalue weighted by atomic mass is 10.2. The van der Waals surface area contributed by atoms with Gasteiger partial charge in [-0.3, -0.25) is 9.69 Å². The Bertz CT molecular complexity index is 888. The van der Waals surface area contributed by atoms with Crippen LogP contribution in [0.2, 0.25) is 0 Å². The number of hydrogen-bond donors (Lipinski definition) is 1. The van der Waals surface area contributed by atoms with Gasteiger partial charge in [0.25, 0.3) is 0 Å². The second kappa shape index (κ2) is 5.70. The summed E-state index contributed by atoms with van der Waals surface area (Å²) in [4.78, 5) is 36.0. The van der Waals surface area contributed by atoms with Crippen molar-refractivity contribution in [2.45, 2.75) is 6.10 Å². The summed E-state index contributed by atoms with van der Waals surface area (Å²) < 4.78 is 8.42. The smallest absolute Gasteiger partial charge is 0.440 e. The van der Waals surface area contributed by atoms with E-state index in [-0.39, 0.29) is 18.0 Å². The van der Waals surface area contributed by atoms with E-state index < -0.39 is 18.2 Å². The summed E-state index contributed by atoms with van der Waals surface area (Å²) in [6.45, 7) is 0.306. The third kappa shape index (κ3) is 2.82. The fraction of sp³-hybridized carbons (Fsp3) is 0.308. The summed E-state index contributed by atoms with van der Waals surface area (Å²) in [5, 5.41) is 0. The van der Waals surface area contributed by atoms with E-state index in [1.807, 2.05) is 0 Å². The van der Waals surface area contributed by atoms with Crippen LogP contribution in [-0.2, 0) is 24.2 Å². The van der Waals surface area contributed by atoms with Crippen LogP contribution in [0.4, 0.5) is 15.3 Å². The van der Waals surface area contributed by atoms with Crippen molar-refractivity contribution in [1.29, 1.82) is 0 Å². The molecule has 0 saturated carbocycles. The van der Waals surface area contributed by atoms with Gasteiger partial charge in [-0.15, -0.1) is 3.95 Å². The van der Waals surface area contributed by atoms with Crippen LogP contribution in [0.15, 0.2) is 23.0 Å². The number of carbonyl (C=O) groups is 2. The van der Waals surface area contributed by atoms with Gasteiger partial charge in [0.2, 0.25) is 0 Å². The number of benzene rings is 1. The summed E-state index contributed by atoms with van der Waals surface area (Å²) >= 11 is 5.90. The molecule has 3 amide bonds. The van der Waals surface area contributed by atoms with Gasteiger partial charge in [0, 0.05) is 12.7 Å². The molecule has 2 aromatic rings. The molecule has 1 atom stereocenters. The van der Waals surface area contributed by atoms with Crippen LogP contribution in [0.25, 0.3) is 10.2 Å². The number of cyclic esters (lactones) is 1. The van der Waals surface area contributed by atoms with Gasteiger partial charge in [-0.05, 0) is 18.2 Å². The van der Waals surface area contributed by atoms with Crippen LogP contribution in [0.5, 0.6) is 0 Å². The second-order valence-electron chi connectivity index (χ2n) is 5.09. The number of nitrogens with two attached hydrogens (primary N) is 1. The Kier molecular flexibility index (Phi) is 3.86. The van der Waals surface area contributed by atoms with Crippen molar-refractivity contribution in [1.82, 2.24) is 4.57 Å². The van der Waals surface area contributed by atoms with Gasteiger partial charge < -0.3 is 9.30 Å². The predicted octanol–water partition coefficient (Wildman–Crippen LogP) is 0.747. The minimum Gasteiger partial charge on any atom is -0.440 e. The Morgan fingerprint density at radius 2 is 2.26 bits per heavy atom. The van der Waals surface area contributed by atoms with Gasteiger partial charge in [-0.2, -0.15) is 4.79 Å². The van der Waals surface area contributed by atoms with Crippen LogP contribution in [-0.4, -0.2) is 39.8 Å². The molecule has 3 rings (SSSR count). The molecular weight excluding hydrogens is 340 g/mol. The highest BCUT2D eigenvalue weighted by Crippen LogP contribution is 2.27. The zero-order valence-corrected chi connectivity index (χ0v) is 13.7. The summed E-state index contributed by atoms with van der Waals surface area (Å²) in [6, 6.07) is 4.54. The summed E-state index contributed by atoms with van der Waals surface area (Å²) in [5.41, 5.74) is 6.50. The largest absolute Gasteiger partial charge is 0.501 e. The highest BCUT2D eigenvalue weighted by atomic mass is 32.1. The topological polar surface area (TPSA) is 97.6 Å². The van der Waals surface area contributed by atoms with Gasteiger partial charge in [-0.1, -0.05) is 11.3 Å². The molecule has 1 aromatic heterocycles. The molecule has 0 unspecified atom stereocenters. The van der Waals surface area contributed by atoms with Crippen molar-refractivity contribution in [2.75, 3.05) is 18.0 Å². The fourth-order valence-corrected chi connectivity index (χ4v) is 3.47. The number of rotatable bonds is 3. The number of urea groups is 1. The molecule has 2 N–H and O–H groups in total. The first-order chi connectivity index (χ1) is 10.9. The third-order valence-electron chi connectivity index (χ3n) is 3.58. The molecule has 0 radical (unpaired) electrons. The van der Waals surface area contributed by atoms with Crippen molar-refractivity contribution >= 4 is 51.8 Å². The van der Waals surface area contributed by atoms with Crippen LogP contribution < -0.4 is 15.5 Å². The minimum atomic E-state index is -0.759. The van der Waals surface area contributed by atoms with E-state index >= 15 is 0 Å². The van der Waals surface area contributed by atoms with Gasteiger partial charge in [0.1, 0.15) is 19.0 Å². The number of carbonyl (C=O) groups excluding carboxylic acids is 2. The zero-order chi connectivity index (χ0) is 16.7. The summed E-state index contributed by atoms with van der Waals surface area (Å²) in [5.74, 6) is 0. The SMILES string of the molecule is Cn1c(=O)sc2cc(N3C[C@@H](C[N+](=S)C(N)=O)OC3=O)ccc21. The number of amides is 3. The Hall–Kier alpha value is -2.33. The maximum Gasteiger partial charge on any atom is 0.501 e. The molecule has 8 nitrogen and oxygen atoms in total. The molecule has 0 spiro atoms. The Morgan fingerprint density at radius 1 is 1.52 bits per heavy atom. The van der Waals surface area contributed by atoms with Gasteiger partial charge in [0.05, 0.1) is 16.8 Å². The molecule has 1 fully saturated rings. The molecule has 0 bridgehead atoms. The first kappa shape index (κ1) is 15.6. The maximum absolute atomic E-state index is 12.0. The number of primary amides is 1. The highest BCUT2D eigenvalue weighted by Gasteiger charge is 2.35. The van der Waals surface area contributed by atoms with Crippen molar-refractivity contribution < 1.29 is 18.3 Å². The van der Waals surface area contributed by atoms with Crippen molar-refractivity contribution in [3.05, 3.63) is 27.9 Å². The molecule has 1 aliphatic heterocycles. The lowest BCUT2D eigenvalue weighted by molar-refractivity contribution is -0.405. The number of ether oxygens (including phenoxy) is 1. The molecule has 1 aliphatic rings. The lowest BCUT2D eigenvalue weighted by Crippen LogP contribution is -2.34. The first-order valence-electron chi connectivity index (χ1n) is 6.68. The fourth-order valence-electron chi connectivity index (χ4n) is 2.39. The van der Waals surface area contributed by atoms with Gasteiger partial charge in [0.15, 0.2) is 6.10 Å². The summed E-state index contributed by atoms with van der Waals surface area (Å²) in [6.07, 6.45) is -1.07. The molecule has 10 heteroatoms. The molecule has 1 saturated heterocycles. The van der Waals surface area contributed by atoms with Crippen molar-refractivity contribution in [3.63, 3.8) is 0 Å². The van der Waals surface area contributed by atoms with Crippen molar-refractivity contribution in [2.24, 2.45) is 12.8 Å². The van der Waals surface area contributed by atoms with E-state index in [1.54, 1.807) is 29.8 Å². The molecule has 23 heavy (non-hydrogen) atoms. The number of aromatic nitrogens is 1. The monoisotopic (exact) mass is 353 g/mol. The van der Waals surface area contributed by atoms with Crippen LogP contribution >= 0.6 is 11.3 Å². The Morgan fingerprint density at radius 3 is 2.96 bits per heavy atom. The molecular formula is C13H13N4O4S2+. The Labute approximate surface area is 139 Å². The van der Waals surface area contributed by atoms with Crippen LogP contribution in [0.1, 0.15) is 0 Å². The van der Waals surface area contributed by atoms with E-state index in [2.05, 4.69) is 0 Å². The van der Waals surface area contributed by atoms with Crippen molar-refractivity contribution in [3.8, 4) is 0 Å². The third-order valence-corrected chi connectivity index (χ3v) is 4.90. The van der Waals surface area contributed by atoms with E-state index in [9.17, 15) is 14.4 Å². The highest BCUT2D eigenvalue weighted by molar-refractivity contribution is 7.44.